The molecule has 7 nitrogen and oxygen atoms in total. The Hall–Kier alpha value is -2.96. The summed E-state index contributed by atoms with van der Waals surface area (Å²) < 4.78 is 8.02. The van der Waals surface area contributed by atoms with Crippen LogP contribution in [0, 0.1) is 0 Å². The molecule has 23 heavy (non-hydrogen) atoms. The minimum absolute atomic E-state index is 0.0704. The first-order chi connectivity index (χ1) is 11.1. The number of hydrogen-bond donors (Lipinski definition) is 0. The first kappa shape index (κ1) is 15.0. The number of pyridine rings is 2. The SMILES string of the molecule is CC(OC(=O)CCn1nc2ccccn2c1=O)c1ccccn1. The standard InChI is InChI=1S/C16H16N4O3/c1-12(13-6-2-4-9-17-13)23-15(21)8-11-20-16(22)19-10-5-3-7-14(19)18-20/h2-7,9-10,12H,8,11H2,1H3. The van der Waals surface area contributed by atoms with E-state index in [1.165, 1.54) is 9.08 Å². The highest BCUT2D eigenvalue weighted by molar-refractivity contribution is 5.69. The molecule has 7 heteroatoms. The second kappa shape index (κ2) is 6.43. The van der Waals surface area contributed by atoms with Crippen LogP contribution in [0.2, 0.25) is 0 Å². The fraction of sp³-hybridized carbons (Fsp3) is 0.250. The van der Waals surface area contributed by atoms with E-state index >= 15 is 0 Å². The van der Waals surface area contributed by atoms with Gasteiger partial charge < -0.3 is 4.74 Å². The van der Waals surface area contributed by atoms with Gasteiger partial charge in [0.15, 0.2) is 5.65 Å². The maximum absolute atomic E-state index is 12.1. The predicted molar refractivity (Wildman–Crippen MR) is 82.8 cm³/mol. The van der Waals surface area contributed by atoms with Crippen molar-refractivity contribution < 1.29 is 9.53 Å². The molecule has 118 valence electrons. The van der Waals surface area contributed by atoms with Crippen molar-refractivity contribution in [2.45, 2.75) is 26.0 Å². The van der Waals surface area contributed by atoms with E-state index < -0.39 is 12.1 Å². The molecule has 0 aliphatic rings. The van der Waals surface area contributed by atoms with Crippen molar-refractivity contribution in [3.05, 3.63) is 65.0 Å². The maximum atomic E-state index is 12.1. The molecule has 0 saturated heterocycles. The molecule has 0 aliphatic carbocycles. The molecule has 0 aromatic carbocycles. The first-order valence-corrected chi connectivity index (χ1v) is 7.30. The molecule has 0 bridgehead atoms. The predicted octanol–water partition coefficient (Wildman–Crippen LogP) is 1.59. The third-order valence-electron chi connectivity index (χ3n) is 3.43. The molecule has 3 rings (SSSR count). The Morgan fingerprint density at radius 1 is 1.26 bits per heavy atom. The summed E-state index contributed by atoms with van der Waals surface area (Å²) in [7, 11) is 0. The monoisotopic (exact) mass is 312 g/mol. The van der Waals surface area contributed by atoms with Crippen LogP contribution in [0.5, 0.6) is 0 Å². The van der Waals surface area contributed by atoms with Gasteiger partial charge in [0.25, 0.3) is 0 Å². The lowest BCUT2D eigenvalue weighted by Crippen LogP contribution is -2.23. The zero-order chi connectivity index (χ0) is 16.2. The van der Waals surface area contributed by atoms with Crippen LogP contribution in [0.15, 0.2) is 53.6 Å². The smallest absolute Gasteiger partial charge is 0.350 e. The second-order valence-electron chi connectivity index (χ2n) is 5.07. The van der Waals surface area contributed by atoms with Crippen LogP contribution >= 0.6 is 0 Å². The molecule has 0 fully saturated rings. The van der Waals surface area contributed by atoms with Crippen molar-refractivity contribution in [3.8, 4) is 0 Å². The van der Waals surface area contributed by atoms with E-state index in [1.54, 1.807) is 49.6 Å². The summed E-state index contributed by atoms with van der Waals surface area (Å²) in [6.07, 6.45) is 2.93. The summed E-state index contributed by atoms with van der Waals surface area (Å²) in [6.45, 7) is 1.94. The fourth-order valence-corrected chi connectivity index (χ4v) is 2.24. The summed E-state index contributed by atoms with van der Waals surface area (Å²) in [5.41, 5.74) is 0.963. The number of rotatable bonds is 5. The van der Waals surface area contributed by atoms with Crippen molar-refractivity contribution in [2.75, 3.05) is 0 Å². The zero-order valence-electron chi connectivity index (χ0n) is 12.6. The Kier molecular flexibility index (Phi) is 4.18. The van der Waals surface area contributed by atoms with Crippen LogP contribution in [0.4, 0.5) is 0 Å². The van der Waals surface area contributed by atoms with E-state index in [0.29, 0.717) is 11.3 Å². The Balaban J connectivity index is 1.62. The van der Waals surface area contributed by atoms with Crippen LogP contribution in [0.1, 0.15) is 25.1 Å². The van der Waals surface area contributed by atoms with Crippen molar-refractivity contribution in [1.82, 2.24) is 19.2 Å². The Morgan fingerprint density at radius 3 is 2.83 bits per heavy atom. The third kappa shape index (κ3) is 3.28. The molecule has 0 N–H and O–H groups in total. The Morgan fingerprint density at radius 2 is 2.09 bits per heavy atom. The van der Waals surface area contributed by atoms with E-state index in [-0.39, 0.29) is 18.7 Å². The van der Waals surface area contributed by atoms with Crippen LogP contribution in [-0.2, 0) is 16.1 Å². The van der Waals surface area contributed by atoms with Crippen LogP contribution < -0.4 is 5.69 Å². The molecule has 1 atom stereocenters. The number of aryl methyl sites for hydroxylation is 1. The van der Waals surface area contributed by atoms with Crippen molar-refractivity contribution >= 4 is 11.6 Å². The van der Waals surface area contributed by atoms with Gasteiger partial charge in [0.1, 0.15) is 6.10 Å². The summed E-state index contributed by atoms with van der Waals surface area (Å²) >= 11 is 0. The lowest BCUT2D eigenvalue weighted by Gasteiger charge is -2.12. The van der Waals surface area contributed by atoms with Gasteiger partial charge in [0.05, 0.1) is 18.7 Å². The summed E-state index contributed by atoms with van der Waals surface area (Å²) in [5, 5.41) is 4.17. The van der Waals surface area contributed by atoms with E-state index in [0.717, 1.165) is 0 Å². The van der Waals surface area contributed by atoms with E-state index in [4.69, 9.17) is 4.74 Å². The fourth-order valence-electron chi connectivity index (χ4n) is 2.24. The molecule has 0 saturated carbocycles. The topological polar surface area (TPSA) is 78.5 Å². The van der Waals surface area contributed by atoms with Crippen LogP contribution in [0.25, 0.3) is 5.65 Å². The molecular weight excluding hydrogens is 296 g/mol. The van der Waals surface area contributed by atoms with Gasteiger partial charge >= 0.3 is 11.7 Å². The van der Waals surface area contributed by atoms with Gasteiger partial charge in [-0.2, -0.15) is 0 Å². The first-order valence-electron chi connectivity index (χ1n) is 7.30. The quantitative estimate of drug-likeness (QED) is 0.668. The second-order valence-corrected chi connectivity index (χ2v) is 5.07. The number of aromatic nitrogens is 4. The number of carbonyl (C=O) groups is 1. The molecule has 3 aromatic heterocycles. The van der Waals surface area contributed by atoms with Gasteiger partial charge in [0, 0.05) is 12.4 Å². The summed E-state index contributed by atoms with van der Waals surface area (Å²) in [5.74, 6) is -0.396. The Bertz CT molecular complexity index is 870. The van der Waals surface area contributed by atoms with Gasteiger partial charge in [0.2, 0.25) is 0 Å². The molecule has 0 spiro atoms. The van der Waals surface area contributed by atoms with E-state index in [9.17, 15) is 9.59 Å². The van der Waals surface area contributed by atoms with Crippen LogP contribution in [0.3, 0.4) is 0 Å². The van der Waals surface area contributed by atoms with Gasteiger partial charge in [-0.3, -0.25) is 14.2 Å². The average Bonchev–Trinajstić information content (AvgIpc) is 2.90. The Labute approximate surface area is 132 Å². The van der Waals surface area contributed by atoms with Crippen molar-refractivity contribution in [2.24, 2.45) is 0 Å². The highest BCUT2D eigenvalue weighted by Gasteiger charge is 2.14. The number of esters is 1. The molecule has 0 amide bonds. The molecule has 3 aromatic rings. The molecular formula is C16H16N4O3. The van der Waals surface area contributed by atoms with Crippen molar-refractivity contribution in [3.63, 3.8) is 0 Å². The lowest BCUT2D eigenvalue weighted by molar-refractivity contribution is -0.149. The lowest BCUT2D eigenvalue weighted by atomic mass is 10.2. The number of fused-ring (bicyclic) bond motifs is 1. The summed E-state index contributed by atoms with van der Waals surface area (Å²) in [6, 6.07) is 10.7. The highest BCUT2D eigenvalue weighted by Crippen LogP contribution is 2.14. The minimum Gasteiger partial charge on any atom is -0.456 e. The third-order valence-corrected chi connectivity index (χ3v) is 3.43. The van der Waals surface area contributed by atoms with Gasteiger partial charge in [-0.1, -0.05) is 12.1 Å². The molecule has 3 heterocycles. The van der Waals surface area contributed by atoms with Gasteiger partial charge in [-0.05, 0) is 31.2 Å². The number of ether oxygens (including phenoxy) is 1. The maximum Gasteiger partial charge on any atom is 0.350 e. The minimum atomic E-state index is -0.429. The summed E-state index contributed by atoms with van der Waals surface area (Å²) in [4.78, 5) is 28.2. The number of carbonyl (C=O) groups excluding carboxylic acids is 1. The zero-order valence-corrected chi connectivity index (χ0v) is 12.6. The highest BCUT2D eigenvalue weighted by atomic mass is 16.5. The number of hydrogen-bond acceptors (Lipinski definition) is 5. The van der Waals surface area contributed by atoms with E-state index in [1.807, 2.05) is 6.07 Å². The largest absolute Gasteiger partial charge is 0.456 e. The average molecular weight is 312 g/mol. The van der Waals surface area contributed by atoms with Crippen LogP contribution in [-0.4, -0.2) is 25.1 Å². The normalized spacial score (nSPS) is 12.2. The van der Waals surface area contributed by atoms with Gasteiger partial charge in [-0.15, -0.1) is 5.10 Å². The number of nitrogens with zero attached hydrogens (tertiary/aromatic N) is 4. The molecule has 1 unspecified atom stereocenters. The van der Waals surface area contributed by atoms with Gasteiger partial charge in [-0.25, -0.2) is 9.48 Å². The van der Waals surface area contributed by atoms with Crippen molar-refractivity contribution in [1.29, 1.82) is 0 Å². The van der Waals surface area contributed by atoms with E-state index in [2.05, 4.69) is 10.1 Å². The molecule has 0 aliphatic heterocycles. The molecule has 0 radical (unpaired) electrons.